The van der Waals surface area contributed by atoms with Gasteiger partial charge in [0, 0.05) is 10.6 Å². The van der Waals surface area contributed by atoms with Crippen LogP contribution in [0.5, 0.6) is 11.5 Å². The summed E-state index contributed by atoms with van der Waals surface area (Å²) in [5, 5.41) is 14.6. The largest absolute Gasteiger partial charge is 0.497 e. The molecule has 0 aliphatic carbocycles. The zero-order chi connectivity index (χ0) is 22.1. The maximum atomic E-state index is 13.7. The lowest BCUT2D eigenvalue weighted by molar-refractivity contribution is -0.302. The Morgan fingerprint density at radius 2 is 2.00 bits per heavy atom. The number of hydrogen-bond acceptors (Lipinski definition) is 5. The number of ether oxygens (including phenoxy) is 2. The van der Waals surface area contributed by atoms with Crippen LogP contribution >= 0.6 is 11.6 Å². The summed E-state index contributed by atoms with van der Waals surface area (Å²) in [4.78, 5) is 12.5. The highest BCUT2D eigenvalue weighted by atomic mass is 35.5. The molecule has 10 heteroatoms. The van der Waals surface area contributed by atoms with Crippen molar-refractivity contribution in [3.05, 3.63) is 58.6 Å². The predicted octanol–water partition coefficient (Wildman–Crippen LogP) is 3.92. The molecule has 0 saturated heterocycles. The Morgan fingerprint density at radius 3 is 2.63 bits per heavy atom. The summed E-state index contributed by atoms with van der Waals surface area (Å²) >= 11 is 5.91. The van der Waals surface area contributed by atoms with Crippen molar-refractivity contribution in [1.29, 1.82) is 0 Å². The van der Waals surface area contributed by atoms with E-state index in [0.717, 1.165) is 0 Å². The average Bonchev–Trinajstić information content (AvgIpc) is 3.08. The quantitative estimate of drug-likeness (QED) is 0.761. The average molecular weight is 443 g/mol. The van der Waals surface area contributed by atoms with Gasteiger partial charge in [-0.25, -0.2) is 0 Å². The molecule has 0 bridgehead atoms. The summed E-state index contributed by atoms with van der Waals surface area (Å²) < 4.78 is 51.3. The van der Waals surface area contributed by atoms with Crippen LogP contribution in [0.25, 0.3) is 0 Å². The van der Waals surface area contributed by atoms with E-state index >= 15 is 0 Å². The number of carbonyl (C=O) groups is 1. The fourth-order valence-electron chi connectivity index (χ4n) is 2.91. The first-order valence-corrected chi connectivity index (χ1v) is 9.16. The van der Waals surface area contributed by atoms with Crippen molar-refractivity contribution in [2.24, 2.45) is 5.10 Å². The zero-order valence-corrected chi connectivity index (χ0v) is 16.8. The SMILES string of the molecule is COc1cccc(C2=NN(C(=O)COc3ccc(Cl)c(C)c3)C(O)(C(F)(F)F)C2)c1. The number of benzene rings is 2. The third-order valence-corrected chi connectivity index (χ3v) is 4.99. The molecule has 0 radical (unpaired) electrons. The van der Waals surface area contributed by atoms with Gasteiger partial charge in [-0.05, 0) is 42.8 Å². The lowest BCUT2D eigenvalue weighted by Crippen LogP contribution is -2.57. The third kappa shape index (κ3) is 4.22. The van der Waals surface area contributed by atoms with Crippen molar-refractivity contribution in [3.63, 3.8) is 0 Å². The topological polar surface area (TPSA) is 71.4 Å². The predicted molar refractivity (Wildman–Crippen MR) is 104 cm³/mol. The maximum Gasteiger partial charge on any atom is 0.438 e. The van der Waals surface area contributed by atoms with Gasteiger partial charge in [-0.2, -0.15) is 23.3 Å². The Bertz CT molecular complexity index is 996. The molecule has 1 aliphatic heterocycles. The van der Waals surface area contributed by atoms with Crippen LogP contribution in [0.2, 0.25) is 5.02 Å². The molecule has 1 unspecified atom stereocenters. The van der Waals surface area contributed by atoms with Crippen molar-refractivity contribution >= 4 is 23.2 Å². The van der Waals surface area contributed by atoms with Crippen molar-refractivity contribution in [3.8, 4) is 11.5 Å². The van der Waals surface area contributed by atoms with Crippen molar-refractivity contribution in [2.45, 2.75) is 25.2 Å². The number of amides is 1. The fourth-order valence-corrected chi connectivity index (χ4v) is 3.02. The smallest absolute Gasteiger partial charge is 0.438 e. The molecule has 30 heavy (non-hydrogen) atoms. The van der Waals surface area contributed by atoms with E-state index in [9.17, 15) is 23.1 Å². The first-order chi connectivity index (χ1) is 14.0. The molecule has 2 aromatic carbocycles. The van der Waals surface area contributed by atoms with Gasteiger partial charge < -0.3 is 14.6 Å². The summed E-state index contributed by atoms with van der Waals surface area (Å²) in [7, 11) is 1.41. The number of alkyl halides is 3. The molecule has 1 heterocycles. The molecule has 3 rings (SSSR count). The molecule has 0 fully saturated rings. The van der Waals surface area contributed by atoms with Crippen LogP contribution in [0, 0.1) is 6.92 Å². The molecule has 1 aliphatic rings. The molecule has 0 spiro atoms. The van der Waals surface area contributed by atoms with Crippen LogP contribution in [0.15, 0.2) is 47.6 Å². The normalized spacial score (nSPS) is 18.9. The van der Waals surface area contributed by atoms with Gasteiger partial charge >= 0.3 is 6.18 Å². The molecule has 0 aromatic heterocycles. The van der Waals surface area contributed by atoms with E-state index in [0.29, 0.717) is 21.9 Å². The number of hydrazone groups is 1. The molecule has 1 amide bonds. The zero-order valence-electron chi connectivity index (χ0n) is 16.0. The van der Waals surface area contributed by atoms with E-state index in [2.05, 4.69) is 5.10 Å². The first kappa shape index (κ1) is 21.9. The summed E-state index contributed by atoms with van der Waals surface area (Å²) in [5.41, 5.74) is -2.62. The lowest BCUT2D eigenvalue weighted by Gasteiger charge is -2.32. The molecule has 2 aromatic rings. The number of halogens is 4. The van der Waals surface area contributed by atoms with Crippen LogP contribution < -0.4 is 9.47 Å². The fraction of sp³-hybridized carbons (Fsp3) is 0.300. The molecule has 0 saturated carbocycles. The summed E-state index contributed by atoms with van der Waals surface area (Å²) in [6.07, 6.45) is -6.06. The van der Waals surface area contributed by atoms with Crippen molar-refractivity contribution in [2.75, 3.05) is 13.7 Å². The van der Waals surface area contributed by atoms with Gasteiger partial charge in [-0.15, -0.1) is 0 Å². The van der Waals surface area contributed by atoms with Crippen LogP contribution in [-0.2, 0) is 4.79 Å². The minimum atomic E-state index is -5.14. The van der Waals surface area contributed by atoms with Gasteiger partial charge in [0.05, 0.1) is 19.2 Å². The number of rotatable bonds is 5. The Morgan fingerprint density at radius 1 is 1.27 bits per heavy atom. The van der Waals surface area contributed by atoms with Gasteiger partial charge in [0.2, 0.25) is 0 Å². The first-order valence-electron chi connectivity index (χ1n) is 8.78. The van der Waals surface area contributed by atoms with E-state index in [1.54, 1.807) is 25.1 Å². The Balaban J connectivity index is 1.86. The number of aryl methyl sites for hydroxylation is 1. The Labute approximate surface area is 175 Å². The number of methoxy groups -OCH3 is 1. The molecule has 1 atom stereocenters. The lowest BCUT2D eigenvalue weighted by atomic mass is 10.0. The number of aliphatic hydroxyl groups is 1. The standard InChI is InChI=1S/C20H18ClF3N2O4/c1-12-8-15(6-7-16(12)21)30-11-18(27)26-19(28,20(22,23)24)10-17(25-26)13-4-3-5-14(9-13)29-2/h3-9,28H,10-11H2,1-2H3. The van der Waals surface area contributed by atoms with Crippen LogP contribution in [0.3, 0.4) is 0 Å². The molecule has 160 valence electrons. The summed E-state index contributed by atoms with van der Waals surface area (Å²) in [6, 6.07) is 10.7. The molecular weight excluding hydrogens is 425 g/mol. The highest BCUT2D eigenvalue weighted by Crippen LogP contribution is 2.41. The second-order valence-corrected chi connectivity index (χ2v) is 7.08. The minimum Gasteiger partial charge on any atom is -0.497 e. The van der Waals surface area contributed by atoms with Crippen LogP contribution in [0.1, 0.15) is 17.5 Å². The third-order valence-electron chi connectivity index (χ3n) is 4.57. The monoisotopic (exact) mass is 442 g/mol. The van der Waals surface area contributed by atoms with Gasteiger partial charge in [0.25, 0.3) is 11.6 Å². The highest BCUT2D eigenvalue weighted by molar-refractivity contribution is 6.31. The summed E-state index contributed by atoms with van der Waals surface area (Å²) in [6.45, 7) is 0.957. The van der Waals surface area contributed by atoms with Crippen LogP contribution in [-0.4, -0.2) is 47.4 Å². The minimum absolute atomic E-state index is 0.0323. The van der Waals surface area contributed by atoms with E-state index in [4.69, 9.17) is 21.1 Å². The second kappa shape index (κ2) is 8.16. The number of nitrogens with zero attached hydrogens (tertiary/aromatic N) is 2. The maximum absolute atomic E-state index is 13.7. The number of hydrogen-bond donors (Lipinski definition) is 1. The second-order valence-electron chi connectivity index (χ2n) is 6.68. The summed E-state index contributed by atoms with van der Waals surface area (Å²) in [5.74, 6) is -0.505. The highest BCUT2D eigenvalue weighted by Gasteiger charge is 2.63. The van der Waals surface area contributed by atoms with Gasteiger partial charge in [-0.1, -0.05) is 23.7 Å². The van der Waals surface area contributed by atoms with Gasteiger partial charge in [-0.3, -0.25) is 4.79 Å². The van der Waals surface area contributed by atoms with Gasteiger partial charge in [0.1, 0.15) is 11.5 Å². The van der Waals surface area contributed by atoms with E-state index < -0.39 is 30.8 Å². The van der Waals surface area contributed by atoms with E-state index in [1.165, 1.54) is 31.4 Å². The molecule has 1 N–H and O–H groups in total. The van der Waals surface area contributed by atoms with Crippen molar-refractivity contribution in [1.82, 2.24) is 5.01 Å². The van der Waals surface area contributed by atoms with Crippen molar-refractivity contribution < 1.29 is 32.5 Å². The Hall–Kier alpha value is -2.78. The van der Waals surface area contributed by atoms with Crippen LogP contribution in [0.4, 0.5) is 13.2 Å². The number of carbonyl (C=O) groups excluding carboxylic acids is 1. The van der Waals surface area contributed by atoms with E-state index in [-0.39, 0.29) is 16.5 Å². The Kier molecular flexibility index (Phi) is 5.96. The van der Waals surface area contributed by atoms with E-state index in [1.807, 2.05) is 0 Å². The molecular formula is C20H18ClF3N2O4. The van der Waals surface area contributed by atoms with Gasteiger partial charge in [0.15, 0.2) is 6.61 Å². The molecule has 6 nitrogen and oxygen atoms in total.